The number of carboxylic acid groups (broad SMARTS) is 1. The second-order valence-electron chi connectivity index (χ2n) is 6.46. The summed E-state index contributed by atoms with van der Waals surface area (Å²) in [4.78, 5) is 24.0. The minimum absolute atomic E-state index is 0.201. The van der Waals surface area contributed by atoms with Crippen LogP contribution in [0.3, 0.4) is 0 Å². The van der Waals surface area contributed by atoms with Gasteiger partial charge in [-0.1, -0.05) is 36.6 Å². The lowest BCUT2D eigenvalue weighted by Crippen LogP contribution is -2.36. The van der Waals surface area contributed by atoms with Crippen LogP contribution in [-0.4, -0.2) is 17.0 Å². The van der Waals surface area contributed by atoms with Crippen molar-refractivity contribution in [1.29, 1.82) is 0 Å². The number of benzene rings is 1. The predicted octanol–water partition coefficient (Wildman–Crippen LogP) is 4.02. The van der Waals surface area contributed by atoms with Crippen LogP contribution in [0.25, 0.3) is 0 Å². The average molecular weight is 315 g/mol. The Hall–Kier alpha value is -2.10. The first-order valence-corrected chi connectivity index (χ1v) is 8.20. The van der Waals surface area contributed by atoms with Gasteiger partial charge in [0.15, 0.2) is 0 Å². The van der Waals surface area contributed by atoms with E-state index in [1.54, 1.807) is 0 Å². The van der Waals surface area contributed by atoms with E-state index in [1.165, 1.54) is 5.56 Å². The highest BCUT2D eigenvalue weighted by Gasteiger charge is 2.37. The number of amides is 1. The van der Waals surface area contributed by atoms with E-state index in [0.717, 1.165) is 29.7 Å². The predicted molar refractivity (Wildman–Crippen MR) is 91.3 cm³/mol. The molecule has 1 amide bonds. The Labute approximate surface area is 137 Å². The van der Waals surface area contributed by atoms with Crippen LogP contribution < -0.4 is 5.32 Å². The first kappa shape index (κ1) is 17.3. The molecule has 2 N–H and O–H groups in total. The van der Waals surface area contributed by atoms with Gasteiger partial charge in [0.1, 0.15) is 0 Å². The van der Waals surface area contributed by atoms with Crippen LogP contribution in [0.1, 0.15) is 45.6 Å². The molecule has 0 saturated carbocycles. The fourth-order valence-electron chi connectivity index (χ4n) is 3.11. The van der Waals surface area contributed by atoms with E-state index in [9.17, 15) is 14.7 Å². The van der Waals surface area contributed by atoms with Crippen LogP contribution in [0.2, 0.25) is 0 Å². The van der Waals surface area contributed by atoms with E-state index in [-0.39, 0.29) is 5.91 Å². The van der Waals surface area contributed by atoms with E-state index in [2.05, 4.69) is 12.2 Å². The van der Waals surface area contributed by atoms with Gasteiger partial charge in [0, 0.05) is 5.69 Å². The molecule has 2 atom stereocenters. The van der Waals surface area contributed by atoms with Crippen molar-refractivity contribution in [2.24, 2.45) is 11.8 Å². The van der Waals surface area contributed by atoms with E-state index >= 15 is 0 Å². The maximum atomic E-state index is 12.5. The zero-order valence-corrected chi connectivity index (χ0v) is 14.1. The number of hydrogen-bond donors (Lipinski definition) is 2. The Kier molecular flexibility index (Phi) is 5.59. The molecule has 124 valence electrons. The molecule has 1 aromatic carbocycles. The van der Waals surface area contributed by atoms with Crippen molar-refractivity contribution in [3.05, 3.63) is 41.0 Å². The second kappa shape index (κ2) is 7.44. The van der Waals surface area contributed by atoms with Gasteiger partial charge < -0.3 is 10.4 Å². The average Bonchev–Trinajstić information content (AvgIpc) is 2.51. The fourth-order valence-corrected chi connectivity index (χ4v) is 3.11. The number of carbonyl (C=O) groups is 2. The summed E-state index contributed by atoms with van der Waals surface area (Å²) in [5.74, 6) is -2.24. The van der Waals surface area contributed by atoms with Crippen LogP contribution >= 0.6 is 0 Å². The molecule has 1 aliphatic carbocycles. The Morgan fingerprint density at radius 3 is 2.17 bits per heavy atom. The summed E-state index contributed by atoms with van der Waals surface area (Å²) in [5.41, 5.74) is 4.18. The molecule has 2 rings (SSSR count). The van der Waals surface area contributed by atoms with Gasteiger partial charge in [0.2, 0.25) is 5.91 Å². The first-order chi connectivity index (χ1) is 10.9. The standard InChI is InChI=1S/C19H25NO3/c1-4-5-14-6-8-15(9-7-14)20-18(21)16-10-12(2)13(3)11-17(16)19(22)23/h6-9,16-17H,4-5,10-11H2,1-3H3,(H,20,21)(H,22,23)/t16-,17+/m1/s1. The van der Waals surface area contributed by atoms with E-state index in [4.69, 9.17) is 0 Å². The largest absolute Gasteiger partial charge is 0.481 e. The van der Waals surface area contributed by atoms with Crippen molar-refractivity contribution < 1.29 is 14.7 Å². The van der Waals surface area contributed by atoms with Crippen LogP contribution in [0.4, 0.5) is 5.69 Å². The van der Waals surface area contributed by atoms with Crippen molar-refractivity contribution in [2.75, 3.05) is 5.32 Å². The van der Waals surface area contributed by atoms with E-state index < -0.39 is 17.8 Å². The lowest BCUT2D eigenvalue weighted by atomic mass is 9.76. The molecule has 0 unspecified atom stereocenters. The lowest BCUT2D eigenvalue weighted by Gasteiger charge is -2.29. The number of hydrogen-bond acceptors (Lipinski definition) is 2. The number of nitrogens with one attached hydrogen (secondary N) is 1. The van der Waals surface area contributed by atoms with Gasteiger partial charge in [-0.2, -0.15) is 0 Å². The summed E-state index contributed by atoms with van der Waals surface area (Å²) >= 11 is 0. The van der Waals surface area contributed by atoms with Gasteiger partial charge in [-0.3, -0.25) is 9.59 Å². The molecule has 0 spiro atoms. The van der Waals surface area contributed by atoms with Crippen molar-refractivity contribution in [2.45, 2.75) is 46.5 Å². The summed E-state index contributed by atoms with van der Waals surface area (Å²) in [6.07, 6.45) is 3.07. The highest BCUT2D eigenvalue weighted by molar-refractivity contribution is 5.95. The van der Waals surface area contributed by atoms with Gasteiger partial charge in [-0.25, -0.2) is 0 Å². The molecule has 4 nitrogen and oxygen atoms in total. The fraction of sp³-hybridized carbons (Fsp3) is 0.474. The minimum Gasteiger partial charge on any atom is -0.481 e. The number of aryl methyl sites for hydroxylation is 1. The summed E-state index contributed by atoms with van der Waals surface area (Å²) in [7, 11) is 0. The molecule has 23 heavy (non-hydrogen) atoms. The molecule has 0 aromatic heterocycles. The number of rotatable bonds is 5. The molecular weight excluding hydrogens is 290 g/mol. The summed E-state index contributed by atoms with van der Waals surface area (Å²) in [5, 5.41) is 12.3. The zero-order chi connectivity index (χ0) is 17.0. The molecule has 0 heterocycles. The normalized spacial score (nSPS) is 21.2. The molecule has 1 aliphatic rings. The molecule has 0 radical (unpaired) electrons. The Bertz CT molecular complexity index is 616. The van der Waals surface area contributed by atoms with Crippen LogP contribution in [0.5, 0.6) is 0 Å². The van der Waals surface area contributed by atoms with Crippen LogP contribution in [0, 0.1) is 11.8 Å². The van der Waals surface area contributed by atoms with E-state index in [1.807, 2.05) is 38.1 Å². The number of carboxylic acids is 1. The maximum absolute atomic E-state index is 12.5. The Morgan fingerprint density at radius 2 is 1.65 bits per heavy atom. The van der Waals surface area contributed by atoms with Crippen LogP contribution in [-0.2, 0) is 16.0 Å². The third kappa shape index (κ3) is 4.21. The van der Waals surface area contributed by atoms with Gasteiger partial charge in [0.05, 0.1) is 11.8 Å². The molecule has 0 saturated heterocycles. The van der Waals surface area contributed by atoms with Crippen molar-refractivity contribution in [3.8, 4) is 0 Å². The van der Waals surface area contributed by atoms with Crippen molar-refractivity contribution in [1.82, 2.24) is 0 Å². The number of anilines is 1. The topological polar surface area (TPSA) is 66.4 Å². The second-order valence-corrected chi connectivity index (χ2v) is 6.46. The quantitative estimate of drug-likeness (QED) is 0.806. The number of carbonyl (C=O) groups excluding carboxylic acids is 1. The van der Waals surface area contributed by atoms with Crippen molar-refractivity contribution in [3.63, 3.8) is 0 Å². The molecule has 0 fully saturated rings. The van der Waals surface area contributed by atoms with Gasteiger partial charge in [-0.15, -0.1) is 0 Å². The first-order valence-electron chi connectivity index (χ1n) is 8.20. The summed E-state index contributed by atoms with van der Waals surface area (Å²) in [6.45, 7) is 6.06. The SMILES string of the molecule is CCCc1ccc(NC(=O)[C@@H]2CC(C)=C(C)C[C@@H]2C(=O)O)cc1. The maximum Gasteiger partial charge on any atom is 0.307 e. The lowest BCUT2D eigenvalue weighted by molar-refractivity contribution is -0.146. The van der Waals surface area contributed by atoms with Gasteiger partial charge in [0.25, 0.3) is 0 Å². The molecular formula is C19H25NO3. The highest BCUT2D eigenvalue weighted by atomic mass is 16.4. The summed E-state index contributed by atoms with van der Waals surface area (Å²) < 4.78 is 0. The monoisotopic (exact) mass is 315 g/mol. The highest BCUT2D eigenvalue weighted by Crippen LogP contribution is 2.35. The number of aliphatic carboxylic acids is 1. The van der Waals surface area contributed by atoms with Gasteiger partial charge >= 0.3 is 5.97 Å². The van der Waals surface area contributed by atoms with Crippen molar-refractivity contribution >= 4 is 17.6 Å². The third-order valence-electron chi connectivity index (χ3n) is 4.68. The van der Waals surface area contributed by atoms with E-state index in [0.29, 0.717) is 12.8 Å². The summed E-state index contributed by atoms with van der Waals surface area (Å²) in [6, 6.07) is 7.78. The van der Waals surface area contributed by atoms with Gasteiger partial charge in [-0.05, 0) is 50.8 Å². The molecule has 4 heteroatoms. The molecule has 0 bridgehead atoms. The Balaban J connectivity index is 2.10. The molecule has 1 aromatic rings. The third-order valence-corrected chi connectivity index (χ3v) is 4.68. The Morgan fingerprint density at radius 1 is 1.09 bits per heavy atom. The minimum atomic E-state index is -0.893. The number of allylic oxidation sites excluding steroid dienone is 2. The van der Waals surface area contributed by atoms with Crippen LogP contribution in [0.15, 0.2) is 35.4 Å². The zero-order valence-electron chi connectivity index (χ0n) is 14.1. The molecule has 0 aliphatic heterocycles. The smallest absolute Gasteiger partial charge is 0.307 e.